The van der Waals surface area contributed by atoms with E-state index < -0.39 is 126 Å². The third-order valence-corrected chi connectivity index (χ3v) is 14.2. The highest BCUT2D eigenvalue weighted by Gasteiger charge is 2.41. The summed E-state index contributed by atoms with van der Waals surface area (Å²) in [6, 6.07) is 5.88. The molecule has 0 aliphatic carbocycles. The summed E-state index contributed by atoms with van der Waals surface area (Å²) in [5.41, 5.74) is 17.7. The van der Waals surface area contributed by atoms with E-state index in [0.717, 1.165) is 10.8 Å². The van der Waals surface area contributed by atoms with Crippen LogP contribution in [-0.4, -0.2) is 160 Å². The molecule has 0 aromatic heterocycles. The molecule has 7 atom stereocenters. The summed E-state index contributed by atoms with van der Waals surface area (Å²) in [7, 11) is 2.29. The number of benzene rings is 2. The predicted octanol–water partition coefficient (Wildman–Crippen LogP) is -0.852. The van der Waals surface area contributed by atoms with Crippen molar-refractivity contribution in [2.75, 3.05) is 31.1 Å². The summed E-state index contributed by atoms with van der Waals surface area (Å²) in [6.45, 7) is 3.55. The average molecular weight is 1140 g/mol. The molecule has 430 valence electrons. The second-order valence-corrected chi connectivity index (χ2v) is 21.2. The van der Waals surface area contributed by atoms with Crippen LogP contribution in [0, 0.1) is 5.92 Å². The molecule has 4 rings (SSSR count). The predicted molar refractivity (Wildman–Crippen MR) is 280 cm³/mol. The molecular formula is C49H68F3N11O13S2. The number of phenolic OH excluding ortho intramolecular Hbond substituents is 1. The van der Waals surface area contributed by atoms with Crippen LogP contribution < -0.4 is 54.4 Å². The molecule has 10 amide bonds. The van der Waals surface area contributed by atoms with Crippen molar-refractivity contribution in [2.24, 2.45) is 23.1 Å². The van der Waals surface area contributed by atoms with Crippen LogP contribution in [0.3, 0.4) is 0 Å². The van der Waals surface area contributed by atoms with Crippen molar-refractivity contribution < 1.29 is 76.1 Å². The van der Waals surface area contributed by atoms with Gasteiger partial charge >= 0.3 is 12.1 Å². The number of carboxylic acids is 1. The first kappa shape index (κ1) is 65.1. The molecule has 2 saturated heterocycles. The number of nitrogens with one attached hydrogen (secondary N) is 7. The zero-order chi connectivity index (χ0) is 58.1. The molecule has 29 heteroatoms. The summed E-state index contributed by atoms with van der Waals surface area (Å²) in [6.07, 6.45) is -4.12. The fourth-order valence-corrected chi connectivity index (χ4v) is 10.1. The molecule has 2 aromatic rings. The number of carboxylic acid groups (broad SMARTS) is 1. The van der Waals surface area contributed by atoms with Gasteiger partial charge in [0.05, 0.1) is 13.0 Å². The lowest BCUT2D eigenvalue weighted by atomic mass is 9.99. The van der Waals surface area contributed by atoms with Crippen molar-refractivity contribution in [3.05, 3.63) is 65.7 Å². The SMILES string of the molecule is CC(C)C[C@@H]1NC(=O)[C@H](Cc2ccccc2)NC(=O)[C@H](Cc2ccc(O)cc2)NC(=O)CCSSC[C@@H](C(=O)N2CCC[C@H]2C(=O)N[C@@H](CCCCN)C(=O)NCC(N)=O)NC(=O)[C@H](CC(N)=O)NC1=O.O=C(O)C(F)(F)F. The van der Waals surface area contributed by atoms with Crippen molar-refractivity contribution in [2.45, 2.75) is 127 Å². The van der Waals surface area contributed by atoms with Gasteiger partial charge in [0.25, 0.3) is 0 Å². The van der Waals surface area contributed by atoms with Crippen LogP contribution in [0.5, 0.6) is 5.75 Å². The number of phenols is 1. The molecule has 0 radical (unpaired) electrons. The molecular weight excluding hydrogens is 1070 g/mol. The number of carbonyl (C=O) groups is 11. The number of hydrogen-bond acceptors (Lipinski definition) is 15. The second kappa shape index (κ2) is 32.6. The maximum atomic E-state index is 14.5. The minimum atomic E-state index is -5.08. The molecule has 2 fully saturated rings. The van der Waals surface area contributed by atoms with E-state index in [2.05, 4.69) is 37.2 Å². The first-order chi connectivity index (χ1) is 36.8. The van der Waals surface area contributed by atoms with Crippen LogP contribution in [0.15, 0.2) is 54.6 Å². The molecule has 2 heterocycles. The maximum Gasteiger partial charge on any atom is 0.490 e. The minimum absolute atomic E-state index is 0.00810. The van der Waals surface area contributed by atoms with Crippen molar-refractivity contribution in [1.82, 2.24) is 42.1 Å². The summed E-state index contributed by atoms with van der Waals surface area (Å²) < 4.78 is 31.7. The first-order valence-electron chi connectivity index (χ1n) is 24.8. The quantitative estimate of drug-likeness (QED) is 0.0639. The number of halogens is 3. The normalized spacial score (nSPS) is 21.4. The van der Waals surface area contributed by atoms with Gasteiger partial charge in [-0.3, -0.25) is 47.9 Å². The number of amides is 10. The summed E-state index contributed by atoms with van der Waals surface area (Å²) in [5, 5.41) is 35.6. The number of aliphatic carboxylic acids is 1. The maximum absolute atomic E-state index is 14.5. The van der Waals surface area contributed by atoms with Gasteiger partial charge < -0.3 is 69.5 Å². The smallest absolute Gasteiger partial charge is 0.490 e. The third kappa shape index (κ3) is 23.2. The number of nitrogens with zero attached hydrogens (tertiary/aromatic N) is 1. The monoisotopic (exact) mass is 1140 g/mol. The Morgan fingerprint density at radius 1 is 0.769 bits per heavy atom. The number of primary amides is 2. The Morgan fingerprint density at radius 3 is 1.91 bits per heavy atom. The van der Waals surface area contributed by atoms with Gasteiger partial charge in [-0.25, -0.2) is 4.79 Å². The van der Waals surface area contributed by atoms with E-state index in [9.17, 15) is 66.2 Å². The molecule has 0 saturated carbocycles. The molecule has 15 N–H and O–H groups in total. The first-order valence-corrected chi connectivity index (χ1v) is 27.3. The molecule has 2 aliphatic heterocycles. The number of likely N-dealkylation sites (tertiary alicyclic amines) is 1. The van der Waals surface area contributed by atoms with Crippen molar-refractivity contribution in [3.8, 4) is 5.75 Å². The Morgan fingerprint density at radius 2 is 1.33 bits per heavy atom. The van der Waals surface area contributed by atoms with Crippen molar-refractivity contribution in [1.29, 1.82) is 0 Å². The van der Waals surface area contributed by atoms with Crippen LogP contribution in [0.1, 0.15) is 76.3 Å². The lowest BCUT2D eigenvalue weighted by molar-refractivity contribution is -0.192. The van der Waals surface area contributed by atoms with Gasteiger partial charge in [-0.15, -0.1) is 0 Å². The van der Waals surface area contributed by atoms with Crippen molar-refractivity contribution >= 4 is 86.6 Å². The summed E-state index contributed by atoms with van der Waals surface area (Å²) in [5.74, 6) is -10.5. The van der Waals surface area contributed by atoms with Crippen molar-refractivity contribution in [3.63, 3.8) is 0 Å². The molecule has 0 spiro atoms. The number of unbranched alkanes of at least 4 members (excludes halogenated alkanes) is 1. The standard InChI is InChI=1S/C47H67N11O11S2.C2HF3O2/c1-27(2)21-32-42(64)56-35(24-38(49)60)45(67)57-36(47(69)58-19-8-12-37(58)46(68)53-31(11-6-7-18-48)41(63)51-25-39(50)61)26-71-70-20-17-40(62)52-33(23-29-13-15-30(59)16-14-29)43(65)55-34(44(66)54-32)22-28-9-4-3-5-10-28;3-2(4,5)1(6)7/h3-5,9-10,13-16,27,31-37,59H,6-8,11-12,17-26,48H2,1-2H3,(H2,49,60)(H2,50,61)(H,51,63)(H,52,62)(H,53,68)(H,54,66)(H,55,65)(H,56,64)(H,57,67);(H,6,7)/t31-,32-,33-,34-,35-,36-,37-;/m0./s1. The van der Waals surface area contributed by atoms with E-state index in [1.54, 1.807) is 56.3 Å². The van der Waals surface area contributed by atoms with E-state index in [0.29, 0.717) is 36.9 Å². The van der Waals surface area contributed by atoms with E-state index in [1.165, 1.54) is 27.8 Å². The molecule has 78 heavy (non-hydrogen) atoms. The summed E-state index contributed by atoms with van der Waals surface area (Å²) in [4.78, 5) is 146. The highest BCUT2D eigenvalue weighted by molar-refractivity contribution is 8.76. The molecule has 24 nitrogen and oxygen atoms in total. The number of rotatable bonds is 18. The Labute approximate surface area is 455 Å². The number of alkyl halides is 3. The van der Waals surface area contributed by atoms with Gasteiger partial charge in [0, 0.05) is 37.3 Å². The Balaban J connectivity index is 0.00000213. The zero-order valence-corrected chi connectivity index (χ0v) is 44.6. The van der Waals surface area contributed by atoms with E-state index >= 15 is 0 Å². The van der Waals surface area contributed by atoms with Crippen LogP contribution in [0.4, 0.5) is 13.2 Å². The largest absolute Gasteiger partial charge is 0.508 e. The highest BCUT2D eigenvalue weighted by atomic mass is 33.1. The summed E-state index contributed by atoms with van der Waals surface area (Å²) >= 11 is 0. The van der Waals surface area contributed by atoms with Gasteiger partial charge in [-0.05, 0) is 74.2 Å². The van der Waals surface area contributed by atoms with Gasteiger partial charge in [-0.2, -0.15) is 13.2 Å². The number of aromatic hydroxyl groups is 1. The zero-order valence-electron chi connectivity index (χ0n) is 42.9. The lowest BCUT2D eigenvalue weighted by Gasteiger charge is -2.31. The minimum Gasteiger partial charge on any atom is -0.508 e. The van der Waals surface area contributed by atoms with Gasteiger partial charge in [0.2, 0.25) is 59.1 Å². The fraction of sp³-hybridized carbons (Fsp3) is 0.531. The van der Waals surface area contributed by atoms with Crippen LogP contribution in [0.25, 0.3) is 0 Å². The number of carbonyl (C=O) groups excluding carboxylic acids is 10. The molecule has 0 bridgehead atoms. The number of hydrogen-bond donors (Lipinski definition) is 12. The van der Waals surface area contributed by atoms with Gasteiger partial charge in [0.1, 0.15) is 48.0 Å². The van der Waals surface area contributed by atoms with Crippen LogP contribution >= 0.6 is 21.6 Å². The Kier molecular flexibility index (Phi) is 27.2. The van der Waals surface area contributed by atoms with Gasteiger partial charge in [0.15, 0.2) is 0 Å². The Hall–Kier alpha value is -7.14. The van der Waals surface area contributed by atoms with E-state index in [4.69, 9.17) is 27.1 Å². The lowest BCUT2D eigenvalue weighted by Crippen LogP contribution is -2.61. The van der Waals surface area contributed by atoms with Gasteiger partial charge in [-0.1, -0.05) is 77.9 Å². The molecule has 2 aromatic carbocycles. The Bertz CT molecular complexity index is 2410. The third-order valence-electron chi connectivity index (χ3n) is 11.8. The fourth-order valence-electron chi connectivity index (χ4n) is 7.92. The number of nitrogens with two attached hydrogens (primary N) is 3. The van der Waals surface area contributed by atoms with E-state index in [1.807, 2.05) is 0 Å². The molecule has 2 aliphatic rings. The van der Waals surface area contributed by atoms with Crippen LogP contribution in [0.2, 0.25) is 0 Å². The second-order valence-electron chi connectivity index (χ2n) is 18.6. The molecule has 0 unspecified atom stereocenters. The topological polar surface area (TPSA) is 394 Å². The average Bonchev–Trinajstić information content (AvgIpc) is 3.87. The van der Waals surface area contributed by atoms with Crippen LogP contribution in [-0.2, 0) is 65.6 Å². The highest BCUT2D eigenvalue weighted by Crippen LogP contribution is 2.26. The van der Waals surface area contributed by atoms with E-state index in [-0.39, 0.29) is 68.2 Å².